The van der Waals surface area contributed by atoms with E-state index in [0.717, 1.165) is 6.92 Å². The van der Waals surface area contributed by atoms with Gasteiger partial charge in [0.1, 0.15) is 0 Å². The van der Waals surface area contributed by atoms with Crippen LogP contribution >= 0.6 is 0 Å². The lowest BCUT2D eigenvalue weighted by atomic mass is 9.83. The van der Waals surface area contributed by atoms with E-state index in [0.29, 0.717) is 0 Å². The molecule has 0 radical (unpaired) electrons. The van der Waals surface area contributed by atoms with Crippen molar-refractivity contribution in [2.45, 2.75) is 145 Å². The maximum Gasteiger partial charge on any atom is 0.306 e. The Hall–Kier alpha value is -3.18. The minimum atomic E-state index is -1.58. The molecular formula is C33H54O12. The van der Waals surface area contributed by atoms with Crippen molar-refractivity contribution < 1.29 is 57.2 Å². The number of carbonyl (C=O) groups is 6. The Morgan fingerprint density at radius 1 is 0.356 bits per heavy atom. The number of ether oxygens (including phenoxy) is 6. The summed E-state index contributed by atoms with van der Waals surface area (Å²) in [7, 11) is 0. The number of rotatable bonds is 16. The Morgan fingerprint density at radius 2 is 0.511 bits per heavy atom. The van der Waals surface area contributed by atoms with Crippen molar-refractivity contribution in [1.82, 2.24) is 0 Å². The highest BCUT2D eigenvalue weighted by molar-refractivity contribution is 5.74. The average molecular weight is 643 g/mol. The van der Waals surface area contributed by atoms with E-state index in [4.69, 9.17) is 28.4 Å². The summed E-state index contributed by atoms with van der Waals surface area (Å²) >= 11 is 0. The third kappa shape index (κ3) is 14.6. The van der Waals surface area contributed by atoms with E-state index in [1.807, 2.05) is 0 Å². The largest absolute Gasteiger partial charge is 0.454 e. The minimum Gasteiger partial charge on any atom is -0.454 e. The van der Waals surface area contributed by atoms with Crippen LogP contribution in [0.15, 0.2) is 0 Å². The lowest BCUT2D eigenvalue weighted by molar-refractivity contribution is -0.262. The third-order valence-electron chi connectivity index (χ3n) is 6.46. The molecule has 1 saturated carbocycles. The molecule has 0 aromatic rings. The SMILES string of the molecule is CC(=O)OC1[C@@H](OC(=O)CC(C)C)[C@@H](OC(=O)CC(C)C)C(OC(=O)CC(C)C)[C@@H](OC(=O)CC(C)C)[C@H]1OC(=O)CC(C)C. The van der Waals surface area contributed by atoms with Crippen molar-refractivity contribution in [2.24, 2.45) is 29.6 Å². The molecule has 0 N–H and O–H groups in total. The molecule has 1 aliphatic rings. The van der Waals surface area contributed by atoms with Gasteiger partial charge in [-0.1, -0.05) is 69.2 Å². The van der Waals surface area contributed by atoms with Gasteiger partial charge in [-0.3, -0.25) is 28.8 Å². The van der Waals surface area contributed by atoms with Crippen LogP contribution in [0.1, 0.15) is 108 Å². The predicted octanol–water partition coefficient (Wildman–Crippen LogP) is 4.72. The molecule has 0 amide bonds. The quantitative estimate of drug-likeness (QED) is 0.169. The number of esters is 6. The van der Waals surface area contributed by atoms with Crippen molar-refractivity contribution >= 4 is 35.8 Å². The standard InChI is InChI=1S/C33H54O12/c1-17(2)12-23(35)41-29-28(40-22(11)34)30(42-24(36)13-18(3)4)32(44-26(38)15-20(7)8)33(45-27(39)16-21(9)10)31(29)43-25(37)14-19(5)6/h17-21,28-33H,12-16H2,1-11H3/t28?,29-,30+,31-,32+,33?. The second kappa shape index (κ2) is 18.7. The molecule has 6 atom stereocenters. The zero-order valence-corrected chi connectivity index (χ0v) is 28.8. The molecule has 1 rings (SSSR count). The van der Waals surface area contributed by atoms with Gasteiger partial charge in [0.25, 0.3) is 0 Å². The molecule has 258 valence electrons. The molecule has 0 heterocycles. The first kappa shape index (κ1) is 39.8. The second-order valence-corrected chi connectivity index (χ2v) is 13.8. The molecule has 0 aliphatic heterocycles. The molecule has 0 aromatic heterocycles. The van der Waals surface area contributed by atoms with Crippen LogP contribution in [0.5, 0.6) is 0 Å². The normalized spacial score (nSPS) is 23.2. The molecule has 0 saturated heterocycles. The van der Waals surface area contributed by atoms with Crippen LogP contribution in [0.25, 0.3) is 0 Å². The summed E-state index contributed by atoms with van der Waals surface area (Å²) in [5.41, 5.74) is 0. The van der Waals surface area contributed by atoms with Crippen LogP contribution in [0, 0.1) is 29.6 Å². The maximum atomic E-state index is 13.1. The Labute approximate surface area is 267 Å². The van der Waals surface area contributed by atoms with Gasteiger partial charge in [-0.2, -0.15) is 0 Å². The summed E-state index contributed by atoms with van der Waals surface area (Å²) in [6, 6.07) is 0. The molecule has 0 aromatic carbocycles. The third-order valence-corrected chi connectivity index (χ3v) is 6.46. The Balaban J connectivity index is 3.97. The van der Waals surface area contributed by atoms with Gasteiger partial charge < -0.3 is 28.4 Å². The molecule has 1 fully saturated rings. The molecule has 0 spiro atoms. The van der Waals surface area contributed by atoms with E-state index in [1.165, 1.54) is 0 Å². The van der Waals surface area contributed by atoms with Crippen LogP contribution in [0.4, 0.5) is 0 Å². The highest BCUT2D eigenvalue weighted by Gasteiger charge is 2.61. The molecule has 2 unspecified atom stereocenters. The van der Waals surface area contributed by atoms with Crippen molar-refractivity contribution in [1.29, 1.82) is 0 Å². The zero-order chi connectivity index (χ0) is 34.6. The minimum absolute atomic E-state index is 0.0429. The maximum absolute atomic E-state index is 13.1. The van der Waals surface area contributed by atoms with Crippen LogP contribution in [-0.4, -0.2) is 72.4 Å². The molecule has 0 bridgehead atoms. The first-order chi connectivity index (χ1) is 20.8. The predicted molar refractivity (Wildman–Crippen MR) is 162 cm³/mol. The fourth-order valence-corrected chi connectivity index (χ4v) is 4.78. The summed E-state index contributed by atoms with van der Waals surface area (Å²) in [6.45, 7) is 19.1. The van der Waals surface area contributed by atoms with E-state index in [-0.39, 0.29) is 61.7 Å². The molecule has 12 nitrogen and oxygen atoms in total. The lowest BCUT2D eigenvalue weighted by Gasteiger charge is -2.47. The first-order valence-electron chi connectivity index (χ1n) is 15.9. The van der Waals surface area contributed by atoms with Crippen LogP contribution < -0.4 is 0 Å². The fraction of sp³-hybridized carbons (Fsp3) is 0.818. The van der Waals surface area contributed by atoms with Gasteiger partial charge in [-0.05, 0) is 29.6 Å². The van der Waals surface area contributed by atoms with Crippen LogP contribution in [-0.2, 0) is 57.2 Å². The zero-order valence-electron chi connectivity index (χ0n) is 28.8. The second-order valence-electron chi connectivity index (χ2n) is 13.8. The van der Waals surface area contributed by atoms with E-state index in [1.54, 1.807) is 69.2 Å². The number of hydrogen-bond acceptors (Lipinski definition) is 12. The van der Waals surface area contributed by atoms with Gasteiger partial charge in [0.05, 0.1) is 0 Å². The fourth-order valence-electron chi connectivity index (χ4n) is 4.78. The number of hydrogen-bond donors (Lipinski definition) is 0. The average Bonchev–Trinajstić information content (AvgIpc) is 2.82. The van der Waals surface area contributed by atoms with Gasteiger partial charge in [0.15, 0.2) is 36.6 Å². The van der Waals surface area contributed by atoms with Crippen molar-refractivity contribution in [3.05, 3.63) is 0 Å². The Bertz CT molecular complexity index is 955. The first-order valence-corrected chi connectivity index (χ1v) is 15.9. The topological polar surface area (TPSA) is 158 Å². The van der Waals surface area contributed by atoms with Crippen molar-refractivity contribution in [3.8, 4) is 0 Å². The molecule has 12 heteroatoms. The van der Waals surface area contributed by atoms with Gasteiger partial charge in [-0.15, -0.1) is 0 Å². The van der Waals surface area contributed by atoms with Gasteiger partial charge in [-0.25, -0.2) is 0 Å². The molecule has 45 heavy (non-hydrogen) atoms. The summed E-state index contributed by atoms with van der Waals surface area (Å²) in [4.78, 5) is 78.0. The van der Waals surface area contributed by atoms with Crippen molar-refractivity contribution in [2.75, 3.05) is 0 Å². The highest BCUT2D eigenvalue weighted by Crippen LogP contribution is 2.36. The van der Waals surface area contributed by atoms with E-state index < -0.39 is 72.4 Å². The Kier molecular flexibility index (Phi) is 16.6. The summed E-state index contributed by atoms with van der Waals surface area (Å²) in [6.07, 6.45) is -9.69. The summed E-state index contributed by atoms with van der Waals surface area (Å²) < 4.78 is 34.8. The van der Waals surface area contributed by atoms with Gasteiger partial charge in [0.2, 0.25) is 0 Å². The van der Waals surface area contributed by atoms with E-state index in [2.05, 4.69) is 0 Å². The summed E-state index contributed by atoms with van der Waals surface area (Å²) in [5, 5.41) is 0. The van der Waals surface area contributed by atoms with Gasteiger partial charge in [0, 0.05) is 39.0 Å². The van der Waals surface area contributed by atoms with E-state index in [9.17, 15) is 28.8 Å². The van der Waals surface area contributed by atoms with Gasteiger partial charge >= 0.3 is 35.8 Å². The number of carbonyl (C=O) groups excluding carboxylic acids is 6. The lowest BCUT2D eigenvalue weighted by Crippen LogP contribution is -2.69. The highest BCUT2D eigenvalue weighted by atomic mass is 16.7. The monoisotopic (exact) mass is 642 g/mol. The summed E-state index contributed by atoms with van der Waals surface area (Å²) in [5.74, 6) is -5.03. The van der Waals surface area contributed by atoms with Crippen LogP contribution in [0.2, 0.25) is 0 Å². The molecule has 1 aliphatic carbocycles. The Morgan fingerprint density at radius 3 is 0.644 bits per heavy atom. The van der Waals surface area contributed by atoms with E-state index >= 15 is 0 Å². The van der Waals surface area contributed by atoms with Crippen LogP contribution in [0.3, 0.4) is 0 Å². The molecular weight excluding hydrogens is 588 g/mol. The van der Waals surface area contributed by atoms with Crippen molar-refractivity contribution in [3.63, 3.8) is 0 Å². The smallest absolute Gasteiger partial charge is 0.306 e.